The van der Waals surface area contributed by atoms with E-state index in [0.29, 0.717) is 35.0 Å². The summed E-state index contributed by atoms with van der Waals surface area (Å²) in [5.74, 6) is 0.703. The second kappa shape index (κ2) is 10.3. The van der Waals surface area contributed by atoms with Gasteiger partial charge in [-0.15, -0.1) is 0 Å². The summed E-state index contributed by atoms with van der Waals surface area (Å²) in [6.07, 6.45) is 0.183. The number of nitrogens with two attached hydrogens (primary N) is 1. The van der Waals surface area contributed by atoms with E-state index in [4.69, 9.17) is 32.1 Å². The average Bonchev–Trinajstić information content (AvgIpc) is 3.15. The molecule has 1 aliphatic rings. The van der Waals surface area contributed by atoms with Gasteiger partial charge in [-0.1, -0.05) is 11.6 Å². The highest BCUT2D eigenvalue weighted by atomic mass is 35.5. The molecule has 8 heteroatoms. The van der Waals surface area contributed by atoms with Crippen molar-refractivity contribution in [3.63, 3.8) is 0 Å². The van der Waals surface area contributed by atoms with E-state index in [9.17, 15) is 9.90 Å². The predicted octanol–water partition coefficient (Wildman–Crippen LogP) is 2.13. The van der Waals surface area contributed by atoms with Crippen LogP contribution in [0, 0.1) is 11.3 Å². The molecule has 0 bridgehead atoms. The number of ether oxygens (including phenoxy) is 2. The number of carbonyl (C=O) groups is 1. The summed E-state index contributed by atoms with van der Waals surface area (Å²) in [7, 11) is 0. The van der Waals surface area contributed by atoms with Crippen LogP contribution in [0.1, 0.15) is 17.5 Å². The van der Waals surface area contributed by atoms with Crippen molar-refractivity contribution in [1.29, 1.82) is 5.26 Å². The minimum Gasteiger partial charge on any atom is -0.491 e. The van der Waals surface area contributed by atoms with E-state index in [0.717, 1.165) is 18.7 Å². The summed E-state index contributed by atoms with van der Waals surface area (Å²) < 4.78 is 11.7. The molecule has 2 atom stereocenters. The van der Waals surface area contributed by atoms with Crippen LogP contribution in [-0.4, -0.2) is 54.4 Å². The Morgan fingerprint density at radius 1 is 1.33 bits per heavy atom. The first-order valence-corrected chi connectivity index (χ1v) is 10.1. The van der Waals surface area contributed by atoms with Crippen molar-refractivity contribution < 1.29 is 19.4 Å². The number of likely N-dealkylation sites (tertiary alicyclic amines) is 1. The zero-order chi connectivity index (χ0) is 21.5. The number of carbonyl (C=O) groups excluding carboxylic acids is 1. The topological polar surface area (TPSA) is 109 Å². The maximum Gasteiger partial charge on any atom is 0.221 e. The van der Waals surface area contributed by atoms with Crippen LogP contribution in [0.25, 0.3) is 0 Å². The monoisotopic (exact) mass is 429 g/mol. The fourth-order valence-corrected chi connectivity index (χ4v) is 3.54. The summed E-state index contributed by atoms with van der Waals surface area (Å²) in [5, 5.41) is 20.1. The third kappa shape index (κ3) is 6.36. The zero-order valence-corrected chi connectivity index (χ0v) is 17.2. The number of nitrogens with zero attached hydrogens (tertiary/aromatic N) is 2. The standard InChI is InChI=1S/C22H24ClN3O4/c23-17-2-4-19(5-3-17)30-20-7-8-26(13-20)12-18(27)14-29-21-6-1-15(11-24)9-16(21)10-22(25)28/h1-6,9,18,20,27H,7-8,10,12-14H2,(H2,25,28). The van der Waals surface area contributed by atoms with Gasteiger partial charge in [0.2, 0.25) is 5.91 Å². The van der Waals surface area contributed by atoms with Gasteiger partial charge in [0.1, 0.15) is 30.3 Å². The van der Waals surface area contributed by atoms with Crippen molar-refractivity contribution in [3.8, 4) is 17.6 Å². The van der Waals surface area contributed by atoms with Gasteiger partial charge in [-0.05, 0) is 48.9 Å². The molecule has 0 aliphatic carbocycles. The smallest absolute Gasteiger partial charge is 0.221 e. The van der Waals surface area contributed by atoms with E-state index in [-0.39, 0.29) is 19.1 Å². The molecule has 3 N–H and O–H groups in total. The van der Waals surface area contributed by atoms with Gasteiger partial charge in [-0.2, -0.15) is 5.26 Å². The number of hydrogen-bond acceptors (Lipinski definition) is 6. The molecular formula is C22H24ClN3O4. The van der Waals surface area contributed by atoms with Crippen molar-refractivity contribution in [2.24, 2.45) is 5.73 Å². The lowest BCUT2D eigenvalue weighted by atomic mass is 10.1. The molecule has 3 rings (SSSR count). The maximum atomic E-state index is 11.3. The molecule has 0 radical (unpaired) electrons. The van der Waals surface area contributed by atoms with Crippen LogP contribution in [0.4, 0.5) is 0 Å². The molecule has 0 aromatic heterocycles. The molecule has 2 aromatic rings. The molecule has 1 saturated heterocycles. The number of aliphatic hydroxyl groups excluding tert-OH is 1. The van der Waals surface area contributed by atoms with Crippen LogP contribution in [0.15, 0.2) is 42.5 Å². The van der Waals surface area contributed by atoms with E-state index in [2.05, 4.69) is 4.90 Å². The van der Waals surface area contributed by atoms with Gasteiger partial charge in [0, 0.05) is 30.2 Å². The molecule has 0 saturated carbocycles. The highest BCUT2D eigenvalue weighted by Crippen LogP contribution is 2.22. The zero-order valence-electron chi connectivity index (χ0n) is 16.5. The molecule has 1 fully saturated rings. The fraction of sp³-hybridized carbons (Fsp3) is 0.364. The third-order valence-electron chi connectivity index (χ3n) is 4.80. The molecule has 158 valence electrons. The molecule has 2 aromatic carbocycles. The molecule has 1 heterocycles. The lowest BCUT2D eigenvalue weighted by Crippen LogP contribution is -2.35. The minimum absolute atomic E-state index is 0.0310. The Morgan fingerprint density at radius 3 is 2.80 bits per heavy atom. The van der Waals surface area contributed by atoms with Gasteiger partial charge in [0.05, 0.1) is 18.1 Å². The Balaban J connectivity index is 1.48. The number of benzene rings is 2. The van der Waals surface area contributed by atoms with Gasteiger partial charge in [0.25, 0.3) is 0 Å². The first-order chi connectivity index (χ1) is 14.4. The fourth-order valence-electron chi connectivity index (χ4n) is 3.42. The SMILES string of the molecule is N#Cc1ccc(OCC(O)CN2CCC(Oc3ccc(Cl)cc3)C2)c(CC(N)=O)c1. The first-order valence-electron chi connectivity index (χ1n) is 9.69. The summed E-state index contributed by atoms with van der Waals surface area (Å²) in [6, 6.07) is 14.1. The largest absolute Gasteiger partial charge is 0.491 e. The number of aliphatic hydroxyl groups is 1. The van der Waals surface area contributed by atoms with Crippen molar-refractivity contribution in [3.05, 3.63) is 58.6 Å². The molecule has 1 aliphatic heterocycles. The molecule has 30 heavy (non-hydrogen) atoms. The second-order valence-electron chi connectivity index (χ2n) is 7.28. The Morgan fingerprint density at radius 2 is 2.10 bits per heavy atom. The lowest BCUT2D eigenvalue weighted by Gasteiger charge is -2.21. The summed E-state index contributed by atoms with van der Waals surface area (Å²) in [6.45, 7) is 2.04. The van der Waals surface area contributed by atoms with Crippen LogP contribution in [0.2, 0.25) is 5.02 Å². The Labute approximate surface area is 180 Å². The number of rotatable bonds is 9. The number of β-amino-alcohol motifs (C(OH)–C–C–N with tert-alkyl or cyclic N) is 1. The minimum atomic E-state index is -0.712. The number of amides is 1. The van der Waals surface area contributed by atoms with Crippen LogP contribution in [-0.2, 0) is 11.2 Å². The van der Waals surface area contributed by atoms with Gasteiger partial charge < -0.3 is 20.3 Å². The average molecular weight is 430 g/mol. The number of hydrogen-bond donors (Lipinski definition) is 2. The van der Waals surface area contributed by atoms with Crippen molar-refractivity contribution >= 4 is 17.5 Å². The second-order valence-corrected chi connectivity index (χ2v) is 7.72. The first kappa shape index (κ1) is 21.9. The molecular weight excluding hydrogens is 406 g/mol. The van der Waals surface area contributed by atoms with Crippen molar-refractivity contribution in [1.82, 2.24) is 4.90 Å². The summed E-state index contributed by atoms with van der Waals surface area (Å²) >= 11 is 5.89. The van der Waals surface area contributed by atoms with Crippen molar-refractivity contribution in [2.45, 2.75) is 25.0 Å². The van der Waals surface area contributed by atoms with Gasteiger partial charge in [-0.3, -0.25) is 9.69 Å². The van der Waals surface area contributed by atoms with Crippen LogP contribution in [0.3, 0.4) is 0 Å². The van der Waals surface area contributed by atoms with E-state index in [1.807, 2.05) is 18.2 Å². The molecule has 2 unspecified atom stereocenters. The van der Waals surface area contributed by atoms with E-state index in [1.165, 1.54) is 0 Å². The van der Waals surface area contributed by atoms with Gasteiger partial charge in [-0.25, -0.2) is 0 Å². The molecule has 0 spiro atoms. The van der Waals surface area contributed by atoms with Gasteiger partial charge in [0.15, 0.2) is 0 Å². The Kier molecular flexibility index (Phi) is 7.52. The summed E-state index contributed by atoms with van der Waals surface area (Å²) in [5.41, 5.74) is 6.23. The quantitative estimate of drug-likeness (QED) is 0.632. The lowest BCUT2D eigenvalue weighted by molar-refractivity contribution is -0.117. The molecule has 7 nitrogen and oxygen atoms in total. The highest BCUT2D eigenvalue weighted by Gasteiger charge is 2.26. The van der Waals surface area contributed by atoms with Crippen LogP contribution >= 0.6 is 11.6 Å². The van der Waals surface area contributed by atoms with Crippen LogP contribution < -0.4 is 15.2 Å². The van der Waals surface area contributed by atoms with E-state index >= 15 is 0 Å². The summed E-state index contributed by atoms with van der Waals surface area (Å²) in [4.78, 5) is 13.4. The number of nitriles is 1. The Bertz CT molecular complexity index is 914. The van der Waals surface area contributed by atoms with Crippen molar-refractivity contribution in [2.75, 3.05) is 26.2 Å². The Hall–Kier alpha value is -2.79. The highest BCUT2D eigenvalue weighted by molar-refractivity contribution is 6.30. The number of halogens is 1. The van der Waals surface area contributed by atoms with E-state index < -0.39 is 12.0 Å². The molecule has 1 amide bonds. The van der Waals surface area contributed by atoms with Gasteiger partial charge >= 0.3 is 0 Å². The third-order valence-corrected chi connectivity index (χ3v) is 5.05. The normalized spacial score (nSPS) is 17.3. The van der Waals surface area contributed by atoms with E-state index in [1.54, 1.807) is 30.3 Å². The number of primary amides is 1. The van der Waals surface area contributed by atoms with Crippen LogP contribution in [0.5, 0.6) is 11.5 Å². The predicted molar refractivity (Wildman–Crippen MR) is 112 cm³/mol. The maximum absolute atomic E-state index is 11.3.